The zero-order chi connectivity index (χ0) is 11.6. The van der Waals surface area contributed by atoms with Gasteiger partial charge in [-0.15, -0.1) is 0 Å². The van der Waals surface area contributed by atoms with Gasteiger partial charge in [0, 0.05) is 13.0 Å². The van der Waals surface area contributed by atoms with E-state index in [-0.39, 0.29) is 5.97 Å². The third-order valence-corrected chi connectivity index (χ3v) is 2.26. The summed E-state index contributed by atoms with van der Waals surface area (Å²) in [5.74, 6) is -0.134. The summed E-state index contributed by atoms with van der Waals surface area (Å²) in [5.41, 5.74) is 1.32. The molecule has 0 aliphatic carbocycles. The van der Waals surface area contributed by atoms with Gasteiger partial charge in [0.2, 0.25) is 0 Å². The Kier molecular flexibility index (Phi) is 6.26. The monoisotopic (exact) mass is 221 g/mol. The van der Waals surface area contributed by atoms with Crippen molar-refractivity contribution in [3.63, 3.8) is 0 Å². The highest BCUT2D eigenvalue weighted by Gasteiger charge is 1.96. The quantitative estimate of drug-likeness (QED) is 0.563. The molecule has 0 spiro atoms. The third kappa shape index (κ3) is 5.51. The van der Waals surface area contributed by atoms with Crippen LogP contribution in [0.4, 0.5) is 0 Å². The minimum Gasteiger partial charge on any atom is -0.464 e. The van der Waals surface area contributed by atoms with E-state index in [1.807, 2.05) is 18.2 Å². The van der Waals surface area contributed by atoms with Crippen molar-refractivity contribution >= 4 is 5.97 Å². The van der Waals surface area contributed by atoms with E-state index in [1.165, 1.54) is 5.56 Å². The normalized spacial score (nSPS) is 10.1. The van der Waals surface area contributed by atoms with Crippen LogP contribution in [-0.2, 0) is 16.0 Å². The molecule has 1 N–H and O–H groups in total. The van der Waals surface area contributed by atoms with Crippen LogP contribution in [0.1, 0.15) is 18.9 Å². The first-order valence-corrected chi connectivity index (χ1v) is 5.73. The number of benzene rings is 1. The van der Waals surface area contributed by atoms with Gasteiger partial charge in [-0.25, -0.2) is 0 Å². The topological polar surface area (TPSA) is 38.3 Å². The Hall–Kier alpha value is -1.35. The van der Waals surface area contributed by atoms with Crippen molar-refractivity contribution in [2.75, 3.05) is 19.7 Å². The molecule has 0 saturated heterocycles. The Balaban J connectivity index is 1.98. The van der Waals surface area contributed by atoms with Crippen LogP contribution in [0.25, 0.3) is 0 Å². The number of carbonyl (C=O) groups is 1. The SMILES string of the molecule is CCC(=O)OCCNCCc1ccccc1. The van der Waals surface area contributed by atoms with Crippen LogP contribution in [0, 0.1) is 0 Å². The van der Waals surface area contributed by atoms with Gasteiger partial charge >= 0.3 is 5.97 Å². The first-order chi connectivity index (χ1) is 7.83. The van der Waals surface area contributed by atoms with Gasteiger partial charge in [0.15, 0.2) is 0 Å². The molecule has 1 rings (SSSR count). The lowest BCUT2D eigenvalue weighted by atomic mass is 10.1. The lowest BCUT2D eigenvalue weighted by Gasteiger charge is -2.05. The highest BCUT2D eigenvalue weighted by molar-refractivity contribution is 5.68. The molecule has 0 fully saturated rings. The fraction of sp³-hybridized carbons (Fsp3) is 0.462. The largest absolute Gasteiger partial charge is 0.464 e. The molecule has 0 aliphatic heterocycles. The average Bonchev–Trinajstić information content (AvgIpc) is 2.34. The molecule has 0 bridgehead atoms. The second-order valence-corrected chi connectivity index (χ2v) is 3.56. The van der Waals surface area contributed by atoms with E-state index in [4.69, 9.17) is 4.74 Å². The second-order valence-electron chi connectivity index (χ2n) is 3.56. The minimum atomic E-state index is -0.134. The minimum absolute atomic E-state index is 0.134. The molecule has 0 unspecified atom stereocenters. The standard InChI is InChI=1S/C13H19NO2/c1-2-13(15)16-11-10-14-9-8-12-6-4-3-5-7-12/h3-7,14H,2,8-11H2,1H3. The maximum atomic E-state index is 10.8. The first-order valence-electron chi connectivity index (χ1n) is 5.73. The van der Waals surface area contributed by atoms with E-state index in [2.05, 4.69) is 17.4 Å². The van der Waals surface area contributed by atoms with Crippen LogP contribution < -0.4 is 5.32 Å². The number of carbonyl (C=O) groups excluding carboxylic acids is 1. The second kappa shape index (κ2) is 7.88. The molecule has 0 heterocycles. The Labute approximate surface area is 96.8 Å². The molecule has 16 heavy (non-hydrogen) atoms. The van der Waals surface area contributed by atoms with E-state index in [0.29, 0.717) is 13.0 Å². The fourth-order valence-corrected chi connectivity index (χ4v) is 1.34. The van der Waals surface area contributed by atoms with Gasteiger partial charge in [0.1, 0.15) is 6.61 Å². The molecule has 0 radical (unpaired) electrons. The number of esters is 1. The van der Waals surface area contributed by atoms with Crippen molar-refractivity contribution in [2.24, 2.45) is 0 Å². The highest BCUT2D eigenvalue weighted by Crippen LogP contribution is 1.97. The van der Waals surface area contributed by atoms with Crippen LogP contribution in [0.3, 0.4) is 0 Å². The van der Waals surface area contributed by atoms with Gasteiger partial charge in [0.05, 0.1) is 0 Å². The van der Waals surface area contributed by atoms with Gasteiger partial charge in [-0.05, 0) is 18.5 Å². The van der Waals surface area contributed by atoms with Crippen LogP contribution in [0.5, 0.6) is 0 Å². The maximum Gasteiger partial charge on any atom is 0.305 e. The average molecular weight is 221 g/mol. The summed E-state index contributed by atoms with van der Waals surface area (Å²) >= 11 is 0. The Bertz CT molecular complexity index is 298. The number of rotatable bonds is 7. The Morgan fingerprint density at radius 3 is 2.69 bits per heavy atom. The zero-order valence-electron chi connectivity index (χ0n) is 9.74. The lowest BCUT2D eigenvalue weighted by molar-refractivity contribution is -0.143. The molecular formula is C13H19NO2. The van der Waals surface area contributed by atoms with Crippen LogP contribution in [0.2, 0.25) is 0 Å². The molecule has 0 aromatic heterocycles. The summed E-state index contributed by atoms with van der Waals surface area (Å²) in [6.07, 6.45) is 1.45. The first kappa shape index (κ1) is 12.7. The van der Waals surface area contributed by atoms with Crippen molar-refractivity contribution in [1.82, 2.24) is 5.32 Å². The van der Waals surface area contributed by atoms with Crippen LogP contribution in [0.15, 0.2) is 30.3 Å². The van der Waals surface area contributed by atoms with Crippen LogP contribution in [-0.4, -0.2) is 25.7 Å². The van der Waals surface area contributed by atoms with Crippen molar-refractivity contribution in [3.05, 3.63) is 35.9 Å². The third-order valence-electron chi connectivity index (χ3n) is 2.26. The van der Waals surface area contributed by atoms with Crippen molar-refractivity contribution in [3.8, 4) is 0 Å². The van der Waals surface area contributed by atoms with Crippen LogP contribution >= 0.6 is 0 Å². The predicted molar refractivity (Wildman–Crippen MR) is 64.3 cm³/mol. The molecule has 3 nitrogen and oxygen atoms in total. The molecule has 3 heteroatoms. The van der Waals surface area contributed by atoms with E-state index < -0.39 is 0 Å². The Morgan fingerprint density at radius 1 is 1.25 bits per heavy atom. The molecule has 0 amide bonds. The zero-order valence-corrected chi connectivity index (χ0v) is 9.74. The molecule has 1 aromatic carbocycles. The van der Waals surface area contributed by atoms with E-state index in [1.54, 1.807) is 6.92 Å². The molecule has 1 aromatic rings. The van der Waals surface area contributed by atoms with Gasteiger partial charge in [-0.1, -0.05) is 37.3 Å². The van der Waals surface area contributed by atoms with Gasteiger partial charge in [0.25, 0.3) is 0 Å². The summed E-state index contributed by atoms with van der Waals surface area (Å²) in [4.78, 5) is 10.8. The molecule has 0 aliphatic rings. The lowest BCUT2D eigenvalue weighted by Crippen LogP contribution is -2.23. The molecule has 0 atom stereocenters. The Morgan fingerprint density at radius 2 is 2.00 bits per heavy atom. The van der Waals surface area contributed by atoms with E-state index in [0.717, 1.165) is 19.5 Å². The van der Waals surface area contributed by atoms with Gasteiger partial charge in [-0.2, -0.15) is 0 Å². The number of hydrogen-bond donors (Lipinski definition) is 1. The summed E-state index contributed by atoms with van der Waals surface area (Å²) in [5, 5.41) is 3.24. The number of ether oxygens (including phenoxy) is 1. The molecule has 88 valence electrons. The molecule has 0 saturated carbocycles. The fourth-order valence-electron chi connectivity index (χ4n) is 1.34. The maximum absolute atomic E-state index is 10.8. The smallest absolute Gasteiger partial charge is 0.305 e. The highest BCUT2D eigenvalue weighted by atomic mass is 16.5. The van der Waals surface area contributed by atoms with Gasteiger partial charge in [-0.3, -0.25) is 4.79 Å². The summed E-state index contributed by atoms with van der Waals surface area (Å²) in [7, 11) is 0. The number of nitrogens with one attached hydrogen (secondary N) is 1. The van der Waals surface area contributed by atoms with Crippen molar-refractivity contribution < 1.29 is 9.53 Å². The van der Waals surface area contributed by atoms with E-state index >= 15 is 0 Å². The predicted octanol–water partition coefficient (Wildman–Crippen LogP) is 1.77. The molecular weight excluding hydrogens is 202 g/mol. The number of hydrogen-bond acceptors (Lipinski definition) is 3. The van der Waals surface area contributed by atoms with E-state index in [9.17, 15) is 4.79 Å². The van der Waals surface area contributed by atoms with Gasteiger partial charge < -0.3 is 10.1 Å². The summed E-state index contributed by atoms with van der Waals surface area (Å²) < 4.78 is 4.94. The van der Waals surface area contributed by atoms with Crippen molar-refractivity contribution in [2.45, 2.75) is 19.8 Å². The van der Waals surface area contributed by atoms with Crippen molar-refractivity contribution in [1.29, 1.82) is 0 Å². The summed E-state index contributed by atoms with van der Waals surface area (Å²) in [6.45, 7) is 3.89. The summed E-state index contributed by atoms with van der Waals surface area (Å²) in [6, 6.07) is 10.3.